The van der Waals surface area contributed by atoms with Crippen LogP contribution in [-0.4, -0.2) is 35.1 Å². The fourth-order valence-corrected chi connectivity index (χ4v) is 4.63. The summed E-state index contributed by atoms with van der Waals surface area (Å²) in [5, 5.41) is 4.50. The summed E-state index contributed by atoms with van der Waals surface area (Å²) >= 11 is 20.3. The Kier molecular flexibility index (Phi) is 11.0. The Bertz CT molecular complexity index is 875. The molecule has 2 aromatic carbocycles. The topological polar surface area (TPSA) is 49.4 Å². The zero-order chi connectivity index (χ0) is 22.8. The van der Waals surface area contributed by atoms with Crippen LogP contribution in [0.4, 0.5) is 0 Å². The Morgan fingerprint density at radius 2 is 1.68 bits per heavy atom. The second-order valence-corrected chi connectivity index (χ2v) is 9.33. The summed E-state index contributed by atoms with van der Waals surface area (Å²) in [4.78, 5) is 27.3. The molecule has 0 saturated heterocycles. The number of carbonyl (C=O) groups excluding carboxylic acids is 2. The van der Waals surface area contributed by atoms with Crippen LogP contribution in [0.2, 0.25) is 15.1 Å². The van der Waals surface area contributed by atoms with Crippen molar-refractivity contribution >= 4 is 58.4 Å². The lowest BCUT2D eigenvalue weighted by Gasteiger charge is -2.29. The number of rotatable bonds is 11. The van der Waals surface area contributed by atoms with Crippen molar-refractivity contribution in [3.8, 4) is 0 Å². The first kappa shape index (κ1) is 25.9. The lowest BCUT2D eigenvalue weighted by atomic mass is 10.1. The molecule has 0 aliphatic carbocycles. The molecule has 0 aliphatic rings. The first-order valence-electron chi connectivity index (χ1n) is 10.2. The highest BCUT2D eigenvalue weighted by molar-refractivity contribution is 7.99. The maximum absolute atomic E-state index is 13.1. The summed E-state index contributed by atoms with van der Waals surface area (Å²) in [7, 11) is 0. The van der Waals surface area contributed by atoms with Gasteiger partial charge in [-0.2, -0.15) is 0 Å². The van der Waals surface area contributed by atoms with Crippen molar-refractivity contribution in [2.24, 2.45) is 0 Å². The third kappa shape index (κ3) is 7.90. The van der Waals surface area contributed by atoms with Crippen LogP contribution in [-0.2, 0) is 21.9 Å². The van der Waals surface area contributed by atoms with E-state index in [2.05, 4.69) is 12.2 Å². The van der Waals surface area contributed by atoms with Gasteiger partial charge in [0.25, 0.3) is 0 Å². The predicted molar refractivity (Wildman–Crippen MR) is 132 cm³/mol. The summed E-state index contributed by atoms with van der Waals surface area (Å²) in [6.45, 7) is 4.52. The Balaban J connectivity index is 2.12. The molecule has 1 atom stereocenters. The molecule has 4 nitrogen and oxygen atoms in total. The minimum absolute atomic E-state index is 0.159. The van der Waals surface area contributed by atoms with Gasteiger partial charge in [-0.3, -0.25) is 9.59 Å². The molecule has 1 N–H and O–H groups in total. The molecule has 0 aromatic heterocycles. The molecule has 0 bridgehead atoms. The van der Waals surface area contributed by atoms with Crippen LogP contribution < -0.4 is 5.32 Å². The zero-order valence-electron chi connectivity index (χ0n) is 17.7. The number of nitrogens with zero attached hydrogens (tertiary/aromatic N) is 1. The zero-order valence-corrected chi connectivity index (χ0v) is 20.8. The Morgan fingerprint density at radius 1 is 1.03 bits per heavy atom. The van der Waals surface area contributed by atoms with Crippen molar-refractivity contribution in [1.82, 2.24) is 10.2 Å². The fraction of sp³-hybridized carbons (Fsp3) is 0.391. The number of thioether (sulfide) groups is 1. The molecular weight excluding hydrogens is 475 g/mol. The molecule has 2 rings (SSSR count). The van der Waals surface area contributed by atoms with Crippen molar-refractivity contribution in [3.63, 3.8) is 0 Å². The predicted octanol–water partition coefficient (Wildman–Crippen LogP) is 6.21. The average molecular weight is 502 g/mol. The normalized spacial score (nSPS) is 11.8. The first-order valence-corrected chi connectivity index (χ1v) is 12.4. The van der Waals surface area contributed by atoms with Gasteiger partial charge in [0.2, 0.25) is 11.8 Å². The first-order chi connectivity index (χ1) is 14.8. The van der Waals surface area contributed by atoms with E-state index in [-0.39, 0.29) is 24.1 Å². The van der Waals surface area contributed by atoms with E-state index >= 15 is 0 Å². The van der Waals surface area contributed by atoms with Crippen LogP contribution in [0, 0.1) is 0 Å². The van der Waals surface area contributed by atoms with Crippen LogP contribution in [0.3, 0.4) is 0 Å². The maximum atomic E-state index is 13.1. The largest absolute Gasteiger partial charge is 0.354 e. The lowest BCUT2D eigenvalue weighted by molar-refractivity contribution is -0.138. The van der Waals surface area contributed by atoms with Crippen LogP contribution in [0.25, 0.3) is 0 Å². The Morgan fingerprint density at radius 3 is 2.32 bits per heavy atom. The second kappa shape index (κ2) is 13.2. The number of unbranched alkanes of at least 4 members (excludes halogenated alkanes) is 1. The molecule has 0 saturated carbocycles. The molecule has 0 aliphatic heterocycles. The van der Waals surface area contributed by atoms with Gasteiger partial charge in [0.15, 0.2) is 0 Å². The minimum atomic E-state index is -0.655. The molecular formula is C23H27Cl3N2O2S. The van der Waals surface area contributed by atoms with Crippen LogP contribution in [0.15, 0.2) is 42.5 Å². The summed E-state index contributed by atoms with van der Waals surface area (Å²) in [6.07, 6.45) is 1.86. The van der Waals surface area contributed by atoms with Gasteiger partial charge >= 0.3 is 0 Å². The SMILES string of the molecule is CCCCNC(=O)C(C)N(Cc1c(Cl)cccc1Cl)C(=O)CSCc1ccccc1Cl. The van der Waals surface area contributed by atoms with Gasteiger partial charge in [-0.25, -0.2) is 0 Å². The lowest BCUT2D eigenvalue weighted by Crippen LogP contribution is -2.48. The van der Waals surface area contributed by atoms with Crippen LogP contribution in [0.1, 0.15) is 37.8 Å². The van der Waals surface area contributed by atoms with Gasteiger partial charge in [0.1, 0.15) is 6.04 Å². The monoisotopic (exact) mass is 500 g/mol. The van der Waals surface area contributed by atoms with Gasteiger partial charge in [-0.05, 0) is 37.1 Å². The van der Waals surface area contributed by atoms with Gasteiger partial charge in [-0.15, -0.1) is 11.8 Å². The van der Waals surface area contributed by atoms with E-state index in [1.54, 1.807) is 25.1 Å². The number of benzene rings is 2. The highest BCUT2D eigenvalue weighted by atomic mass is 35.5. The van der Waals surface area contributed by atoms with Gasteiger partial charge < -0.3 is 10.2 Å². The van der Waals surface area contributed by atoms with Crippen LogP contribution >= 0.6 is 46.6 Å². The number of carbonyl (C=O) groups is 2. The summed E-state index contributed by atoms with van der Waals surface area (Å²) in [5.41, 5.74) is 1.59. The summed E-state index contributed by atoms with van der Waals surface area (Å²) in [5.74, 6) is 0.454. The summed E-state index contributed by atoms with van der Waals surface area (Å²) in [6, 6.07) is 12.1. The number of hydrogen-bond donors (Lipinski definition) is 1. The van der Waals surface area contributed by atoms with Crippen LogP contribution in [0.5, 0.6) is 0 Å². The molecule has 0 spiro atoms. The van der Waals surface area contributed by atoms with Crippen molar-refractivity contribution in [1.29, 1.82) is 0 Å². The van der Waals surface area contributed by atoms with E-state index in [1.165, 1.54) is 16.7 Å². The number of hydrogen-bond acceptors (Lipinski definition) is 3. The molecule has 8 heteroatoms. The van der Waals surface area contributed by atoms with Crippen molar-refractivity contribution in [2.75, 3.05) is 12.3 Å². The van der Waals surface area contributed by atoms with E-state index < -0.39 is 6.04 Å². The van der Waals surface area contributed by atoms with Gasteiger partial charge in [-0.1, -0.05) is 72.4 Å². The summed E-state index contributed by atoms with van der Waals surface area (Å²) < 4.78 is 0. The smallest absolute Gasteiger partial charge is 0.242 e. The van der Waals surface area contributed by atoms with Crippen molar-refractivity contribution in [3.05, 3.63) is 68.7 Å². The van der Waals surface area contributed by atoms with E-state index in [1.807, 2.05) is 24.3 Å². The Hall–Kier alpha value is -1.40. The molecule has 168 valence electrons. The van der Waals surface area contributed by atoms with E-state index in [0.717, 1.165) is 18.4 Å². The van der Waals surface area contributed by atoms with Crippen molar-refractivity contribution in [2.45, 2.75) is 45.0 Å². The highest BCUT2D eigenvalue weighted by Gasteiger charge is 2.27. The number of nitrogens with one attached hydrogen (secondary N) is 1. The molecule has 2 amide bonds. The third-order valence-electron chi connectivity index (χ3n) is 4.83. The van der Waals surface area contributed by atoms with E-state index in [0.29, 0.717) is 32.9 Å². The fourth-order valence-electron chi connectivity index (χ4n) is 2.92. The highest BCUT2D eigenvalue weighted by Crippen LogP contribution is 2.27. The molecule has 2 aromatic rings. The number of halogens is 3. The Labute approximate surface area is 203 Å². The number of amides is 2. The van der Waals surface area contributed by atoms with Gasteiger partial charge in [0.05, 0.1) is 5.75 Å². The molecule has 0 fully saturated rings. The average Bonchev–Trinajstić information content (AvgIpc) is 2.74. The third-order valence-corrected chi connectivity index (χ3v) is 6.87. The molecule has 1 unspecified atom stereocenters. The minimum Gasteiger partial charge on any atom is -0.354 e. The molecule has 31 heavy (non-hydrogen) atoms. The van der Waals surface area contributed by atoms with Crippen molar-refractivity contribution < 1.29 is 9.59 Å². The van der Waals surface area contributed by atoms with E-state index in [9.17, 15) is 9.59 Å². The van der Waals surface area contributed by atoms with E-state index in [4.69, 9.17) is 34.8 Å². The molecule has 0 heterocycles. The standard InChI is InChI=1S/C23H27Cl3N2O2S/c1-3-4-12-27-23(30)16(2)28(13-18-20(25)10-7-11-21(18)26)22(29)15-31-14-17-8-5-6-9-19(17)24/h5-11,16H,3-4,12-15H2,1-2H3,(H,27,30). The maximum Gasteiger partial charge on any atom is 0.242 e. The molecule has 0 radical (unpaired) electrons. The van der Waals surface area contributed by atoms with Gasteiger partial charge in [0, 0.05) is 39.5 Å². The second-order valence-electron chi connectivity index (χ2n) is 7.13. The quantitative estimate of drug-likeness (QED) is 0.372.